The maximum atomic E-state index is 10.5. The Morgan fingerprint density at radius 1 is 0.516 bits per heavy atom. The summed E-state index contributed by atoms with van der Waals surface area (Å²) in [6.45, 7) is -3.00. The van der Waals surface area contributed by atoms with Crippen molar-refractivity contribution >= 4 is 36.2 Å². The van der Waals surface area contributed by atoms with Crippen LogP contribution < -0.4 is 104 Å². The van der Waals surface area contributed by atoms with Crippen molar-refractivity contribution < 1.29 is 158 Å². The van der Waals surface area contributed by atoms with Gasteiger partial charge in [0.15, 0.2) is 0 Å². The second-order valence-electron chi connectivity index (χ2n) is 4.50. The Bertz CT molecular complexity index is 475. The van der Waals surface area contributed by atoms with Crippen LogP contribution in [0.1, 0.15) is 0 Å². The molecule has 0 fully saturated rings. The molecule has 0 aromatic heterocycles. The van der Waals surface area contributed by atoms with Crippen molar-refractivity contribution in [1.29, 1.82) is 0 Å². The fraction of sp³-hybridized carbons (Fsp3) is 0.500. The predicted octanol–water partition coefficient (Wildman–Crippen LogP) is -14.6. The second-order valence-corrected chi connectivity index (χ2v) is 4.50. The van der Waals surface area contributed by atoms with Crippen molar-refractivity contribution in [3.8, 4) is 0 Å². The van der Waals surface area contributed by atoms with E-state index in [1.54, 1.807) is 0 Å². The molecule has 0 saturated heterocycles. The molecule has 0 unspecified atom stereocenters. The number of carbonyl (C=O) groups excluding carboxylic acids is 3. The van der Waals surface area contributed by atoms with Crippen molar-refractivity contribution in [3.63, 3.8) is 0 Å². The zero-order valence-corrected chi connectivity index (χ0v) is 23.0. The summed E-state index contributed by atoms with van der Waals surface area (Å²) in [5.41, 5.74) is 0. The minimum absolute atomic E-state index is 0. The van der Waals surface area contributed by atoms with E-state index in [-0.39, 0.29) is 102 Å². The van der Waals surface area contributed by atoms with Crippen molar-refractivity contribution in [1.82, 2.24) is 9.80 Å². The summed E-state index contributed by atoms with van der Waals surface area (Å²) < 4.78 is 0. The van der Waals surface area contributed by atoms with Crippen molar-refractivity contribution in [3.05, 3.63) is 0 Å². The van der Waals surface area contributed by atoms with Gasteiger partial charge in [0, 0.05) is 32.7 Å². The van der Waals surface area contributed by atoms with Gasteiger partial charge < -0.3 is 55.2 Å². The summed E-state index contributed by atoms with van der Waals surface area (Å²) in [7, 11) is 0. The molecule has 0 heterocycles. The van der Waals surface area contributed by atoms with E-state index < -0.39 is 62.4 Å². The van der Waals surface area contributed by atoms with Crippen LogP contribution in [0.3, 0.4) is 0 Å². The first-order valence-electron chi connectivity index (χ1n) is 6.77. The fourth-order valence-electron chi connectivity index (χ4n) is 1.45. The van der Waals surface area contributed by atoms with Crippen molar-refractivity contribution in [2.75, 3.05) is 39.3 Å². The van der Waals surface area contributed by atoms with Crippen LogP contribution in [-0.2, 0) is 19.2 Å². The Labute approximate surface area is 241 Å². The third-order valence-corrected chi connectivity index (χ3v) is 2.15. The zero-order valence-electron chi connectivity index (χ0n) is 17.0. The Kier molecular flexibility index (Phi) is 38.9. The number of rotatable bonds is 11. The zero-order chi connectivity index (χ0) is 22.9. The standard InChI is InChI=1S/C10H16N2O8.2CH2O3.3Na/c13-7(14)3-11(4-8(15)16)1-2-12(5-9(17)18)6-10(19)20;2*2-1(3)4;;;/h1-6H2,(H,13,14)(H,15,16)(H,17,18)(H,19,20);2*(H2,2,3,4);;;/q;;;3*+1/p-3. The first-order valence-corrected chi connectivity index (χ1v) is 6.77. The topological polar surface area (TPSA) is 279 Å². The Hall–Kier alpha value is -0.660. The van der Waals surface area contributed by atoms with Gasteiger partial charge in [-0.1, -0.05) is 0 Å². The van der Waals surface area contributed by atoms with Crippen LogP contribution in [0.15, 0.2) is 0 Å². The molecule has 0 amide bonds. The molecule has 0 aliphatic rings. The van der Waals surface area contributed by atoms with Crippen LogP contribution in [0, 0.1) is 0 Å². The summed E-state index contributed by atoms with van der Waals surface area (Å²) in [5, 5.41) is 67.7. The Morgan fingerprint density at radius 2 is 0.710 bits per heavy atom. The molecule has 0 bridgehead atoms. The minimum atomic E-state index is -1.83. The molecule has 0 aliphatic heterocycles. The number of carboxylic acids is 4. The molecule has 0 atom stereocenters. The molecule has 0 radical (unpaired) electrons. The van der Waals surface area contributed by atoms with Gasteiger partial charge in [0.25, 0.3) is 0 Å². The monoisotopic (exact) mass is 482 g/mol. The van der Waals surface area contributed by atoms with Crippen LogP contribution in [0.5, 0.6) is 0 Å². The average Bonchev–Trinajstić information content (AvgIpc) is 2.40. The van der Waals surface area contributed by atoms with Gasteiger partial charge in [-0.15, -0.1) is 0 Å². The number of hydrogen-bond donors (Lipinski definition) is 5. The first kappa shape index (κ1) is 44.1. The van der Waals surface area contributed by atoms with E-state index in [1.165, 1.54) is 0 Å². The third kappa shape index (κ3) is 53.0. The van der Waals surface area contributed by atoms with Crippen molar-refractivity contribution in [2.24, 2.45) is 0 Å². The molecule has 0 aliphatic carbocycles. The van der Waals surface area contributed by atoms with Crippen molar-refractivity contribution in [2.45, 2.75) is 0 Å². The van der Waals surface area contributed by atoms with Crippen LogP contribution in [0.2, 0.25) is 0 Å². The molecule has 5 N–H and O–H groups in total. The second kappa shape index (κ2) is 27.4. The molecule has 0 rings (SSSR count). The number of carboxylic acid groups (broad SMARTS) is 8. The summed E-state index contributed by atoms with van der Waals surface area (Å²) >= 11 is 0. The van der Waals surface area contributed by atoms with Gasteiger partial charge >= 0.3 is 107 Å². The largest absolute Gasteiger partial charge is 1.00 e. The van der Waals surface area contributed by atoms with E-state index in [0.29, 0.717) is 0 Å². The van der Waals surface area contributed by atoms with Gasteiger partial charge in [-0.3, -0.25) is 14.6 Å². The van der Waals surface area contributed by atoms with Gasteiger partial charge in [0.05, 0.1) is 24.5 Å². The van der Waals surface area contributed by atoms with Crippen LogP contribution in [0.25, 0.3) is 0 Å². The quantitative estimate of drug-likeness (QED) is 0.171. The van der Waals surface area contributed by atoms with E-state index in [4.69, 9.17) is 35.1 Å². The minimum Gasteiger partial charge on any atom is -0.549 e. The molecule has 0 saturated carbocycles. The molecular formula is C12H17N2Na3O14. The van der Waals surface area contributed by atoms with E-state index in [1.807, 2.05) is 0 Å². The van der Waals surface area contributed by atoms with Gasteiger partial charge in [-0.05, 0) is 0 Å². The van der Waals surface area contributed by atoms with Crippen LogP contribution in [-0.4, -0.2) is 111 Å². The fourth-order valence-corrected chi connectivity index (χ4v) is 1.45. The summed E-state index contributed by atoms with van der Waals surface area (Å²) in [4.78, 5) is 60.8. The molecule has 19 heteroatoms. The van der Waals surface area contributed by atoms with Gasteiger partial charge in [-0.25, -0.2) is 9.59 Å². The Morgan fingerprint density at radius 3 is 0.871 bits per heavy atom. The predicted molar refractivity (Wildman–Crippen MR) is 76.8 cm³/mol. The van der Waals surface area contributed by atoms with Crippen LogP contribution in [0.4, 0.5) is 9.59 Å². The van der Waals surface area contributed by atoms with Gasteiger partial charge in [-0.2, -0.15) is 0 Å². The van der Waals surface area contributed by atoms with E-state index in [2.05, 4.69) is 0 Å². The molecule has 31 heavy (non-hydrogen) atoms. The average molecular weight is 482 g/mol. The molecular weight excluding hydrogens is 465 g/mol. The number of hydrogen-bond acceptors (Lipinski definition) is 11. The molecule has 0 aromatic carbocycles. The normalized spacial score (nSPS) is 8.45. The molecule has 16 nitrogen and oxygen atoms in total. The maximum absolute atomic E-state index is 10.5. The molecule has 162 valence electrons. The SMILES string of the molecule is O=C(O)O.O=C(O)O.O=C([O-])CN(CCN(CC(=O)[O-])CC(=O)O)CC(=O)[O-].[Na+].[Na+].[Na+]. The summed E-state index contributed by atoms with van der Waals surface area (Å²) in [6, 6.07) is 0. The van der Waals surface area contributed by atoms with E-state index >= 15 is 0 Å². The van der Waals surface area contributed by atoms with Crippen LogP contribution >= 0.6 is 0 Å². The summed E-state index contributed by atoms with van der Waals surface area (Å²) in [6.07, 6.45) is -3.67. The number of nitrogens with zero attached hydrogens (tertiary/aromatic N) is 2. The van der Waals surface area contributed by atoms with Gasteiger partial charge in [0.1, 0.15) is 0 Å². The summed E-state index contributed by atoms with van der Waals surface area (Å²) in [5.74, 6) is -5.82. The maximum Gasteiger partial charge on any atom is 1.00 e. The molecule has 0 aromatic rings. The van der Waals surface area contributed by atoms with E-state index in [9.17, 15) is 34.5 Å². The third-order valence-electron chi connectivity index (χ3n) is 2.15. The number of carbonyl (C=O) groups is 6. The molecule has 0 spiro atoms. The number of aliphatic carboxylic acids is 4. The first-order chi connectivity index (χ1) is 12.7. The smallest absolute Gasteiger partial charge is 0.549 e. The van der Waals surface area contributed by atoms with Gasteiger partial charge in [0.2, 0.25) is 0 Å². The Balaban J connectivity index is -0.000000122. The van der Waals surface area contributed by atoms with E-state index in [0.717, 1.165) is 9.80 Å².